The van der Waals surface area contributed by atoms with Gasteiger partial charge in [-0.3, -0.25) is 9.59 Å². The molecule has 1 saturated heterocycles. The van der Waals surface area contributed by atoms with Gasteiger partial charge in [0.1, 0.15) is 0 Å². The van der Waals surface area contributed by atoms with Crippen LogP contribution in [0.25, 0.3) is 11.4 Å². The molecule has 1 aliphatic carbocycles. The maximum atomic E-state index is 13.1. The lowest BCUT2D eigenvalue weighted by atomic mass is 9.82. The molecule has 0 unspecified atom stereocenters. The fourth-order valence-corrected chi connectivity index (χ4v) is 3.80. The largest absolute Gasteiger partial charge is 0.354 e. The van der Waals surface area contributed by atoms with Crippen molar-refractivity contribution in [2.75, 3.05) is 13.1 Å². The smallest absolute Gasteiger partial charge is 0.254 e. The van der Waals surface area contributed by atoms with Gasteiger partial charge in [0.05, 0.1) is 0 Å². The highest BCUT2D eigenvalue weighted by Crippen LogP contribution is 2.36. The second-order valence-corrected chi connectivity index (χ2v) is 7.87. The molecule has 2 aromatic rings. The first-order valence-electron chi connectivity index (χ1n) is 10.0. The number of benzene rings is 1. The van der Waals surface area contributed by atoms with E-state index in [9.17, 15) is 9.59 Å². The topological polar surface area (TPSA) is 75.2 Å². The Morgan fingerprint density at radius 1 is 1.21 bits per heavy atom. The maximum absolute atomic E-state index is 13.1. The molecule has 1 aromatic carbocycles. The van der Waals surface area contributed by atoms with Gasteiger partial charge in [0.25, 0.3) is 5.91 Å². The average Bonchev–Trinajstić information content (AvgIpc) is 2.80. The van der Waals surface area contributed by atoms with Crippen molar-refractivity contribution in [1.82, 2.24) is 20.2 Å². The van der Waals surface area contributed by atoms with Crippen LogP contribution >= 0.6 is 0 Å². The number of nitrogens with one attached hydrogen (secondary N) is 1. The van der Waals surface area contributed by atoms with E-state index in [1.165, 1.54) is 19.3 Å². The molecule has 2 amide bonds. The highest BCUT2D eigenvalue weighted by molar-refractivity contribution is 5.96. The quantitative estimate of drug-likeness (QED) is 0.891. The highest BCUT2D eigenvalue weighted by atomic mass is 16.2. The van der Waals surface area contributed by atoms with Crippen LogP contribution in [0.4, 0.5) is 0 Å². The number of carbonyl (C=O) groups is 2. The minimum absolute atomic E-state index is 0.00687. The van der Waals surface area contributed by atoms with Crippen molar-refractivity contribution in [3.8, 4) is 11.4 Å². The van der Waals surface area contributed by atoms with Crippen molar-refractivity contribution < 1.29 is 9.59 Å². The summed E-state index contributed by atoms with van der Waals surface area (Å²) >= 11 is 0. The zero-order valence-corrected chi connectivity index (χ0v) is 16.4. The molecule has 6 nitrogen and oxygen atoms in total. The number of aromatic nitrogens is 2. The third kappa shape index (κ3) is 3.77. The second kappa shape index (κ2) is 7.70. The van der Waals surface area contributed by atoms with E-state index in [0.29, 0.717) is 36.8 Å². The summed E-state index contributed by atoms with van der Waals surface area (Å²) in [7, 11) is 0. The second-order valence-electron chi connectivity index (χ2n) is 7.87. The van der Waals surface area contributed by atoms with Crippen LogP contribution in [-0.2, 0) is 4.79 Å². The molecule has 0 bridgehead atoms. The summed E-state index contributed by atoms with van der Waals surface area (Å²) in [4.78, 5) is 35.9. The van der Waals surface area contributed by atoms with E-state index in [4.69, 9.17) is 4.98 Å². The van der Waals surface area contributed by atoms with Crippen LogP contribution in [0.3, 0.4) is 0 Å². The number of carbonyl (C=O) groups excluding carboxylic acids is 2. The van der Waals surface area contributed by atoms with Gasteiger partial charge in [-0.1, -0.05) is 18.6 Å². The van der Waals surface area contributed by atoms with Crippen LogP contribution in [0.15, 0.2) is 30.3 Å². The van der Waals surface area contributed by atoms with E-state index in [2.05, 4.69) is 16.4 Å². The van der Waals surface area contributed by atoms with E-state index in [1.54, 1.807) is 4.90 Å². The van der Waals surface area contributed by atoms with E-state index < -0.39 is 0 Å². The number of nitrogens with zero attached hydrogens (tertiary/aromatic N) is 3. The summed E-state index contributed by atoms with van der Waals surface area (Å²) in [6.07, 6.45) is 3.97. The van der Waals surface area contributed by atoms with Crippen LogP contribution in [-0.4, -0.2) is 45.8 Å². The fourth-order valence-electron chi connectivity index (χ4n) is 3.80. The van der Waals surface area contributed by atoms with Crippen LogP contribution < -0.4 is 5.32 Å². The molecule has 6 heteroatoms. The lowest BCUT2D eigenvalue weighted by Gasteiger charge is -2.27. The Morgan fingerprint density at radius 2 is 2.04 bits per heavy atom. The fraction of sp³-hybridized carbons (Fsp3) is 0.455. The van der Waals surface area contributed by atoms with E-state index in [-0.39, 0.29) is 17.9 Å². The number of amides is 2. The van der Waals surface area contributed by atoms with E-state index >= 15 is 0 Å². The van der Waals surface area contributed by atoms with Gasteiger partial charge < -0.3 is 10.2 Å². The molecule has 146 valence electrons. The Hall–Kier alpha value is -2.76. The molecule has 1 aromatic heterocycles. The molecule has 28 heavy (non-hydrogen) atoms. The van der Waals surface area contributed by atoms with Gasteiger partial charge in [-0.15, -0.1) is 0 Å². The molecule has 1 aliphatic heterocycles. The molecule has 4 rings (SSSR count). The van der Waals surface area contributed by atoms with Gasteiger partial charge in [-0.25, -0.2) is 9.97 Å². The van der Waals surface area contributed by atoms with Crippen LogP contribution in [0, 0.1) is 6.92 Å². The molecule has 1 saturated carbocycles. The van der Waals surface area contributed by atoms with Crippen molar-refractivity contribution >= 4 is 11.8 Å². The summed E-state index contributed by atoms with van der Waals surface area (Å²) in [6, 6.07) is 9.56. The molecule has 0 spiro atoms. The third-order valence-corrected chi connectivity index (χ3v) is 5.73. The molecule has 0 radical (unpaired) electrons. The van der Waals surface area contributed by atoms with Crippen molar-refractivity contribution in [2.45, 2.75) is 51.5 Å². The number of rotatable bonds is 3. The molecule has 1 atom stereocenters. The zero-order chi connectivity index (χ0) is 19.7. The maximum Gasteiger partial charge on any atom is 0.254 e. The lowest BCUT2D eigenvalue weighted by Crippen LogP contribution is -2.41. The van der Waals surface area contributed by atoms with Crippen molar-refractivity contribution in [3.05, 3.63) is 47.3 Å². The number of aryl methyl sites for hydroxylation is 1. The van der Waals surface area contributed by atoms with Crippen LogP contribution in [0.2, 0.25) is 0 Å². The standard InChI is InChI=1S/C22H26N4O2/c1-14-11-19(16-5-3-6-16)25-21(24-14)17-7-4-8-18(12-17)22(28)26-10-9-20(27)23-13-15(26)2/h4,7-8,11-12,15-16H,3,5-6,9-10,13H2,1-2H3,(H,23,27)/t15-/m1/s1. The first-order valence-corrected chi connectivity index (χ1v) is 10.0. The van der Waals surface area contributed by atoms with E-state index in [0.717, 1.165) is 17.0 Å². The normalized spacial score (nSPS) is 20.3. The van der Waals surface area contributed by atoms with Gasteiger partial charge >= 0.3 is 0 Å². The Balaban J connectivity index is 1.62. The third-order valence-electron chi connectivity index (χ3n) is 5.73. The minimum Gasteiger partial charge on any atom is -0.354 e. The van der Waals surface area contributed by atoms with Crippen LogP contribution in [0.1, 0.15) is 60.3 Å². The molecular formula is C22H26N4O2. The molecule has 2 aliphatic rings. The average molecular weight is 378 g/mol. The van der Waals surface area contributed by atoms with Crippen molar-refractivity contribution in [1.29, 1.82) is 0 Å². The number of hydrogen-bond donors (Lipinski definition) is 1. The van der Waals surface area contributed by atoms with E-state index in [1.807, 2.05) is 38.1 Å². The summed E-state index contributed by atoms with van der Waals surface area (Å²) in [5.74, 6) is 1.15. The predicted octanol–water partition coefficient (Wildman–Crippen LogP) is 3.07. The monoisotopic (exact) mass is 378 g/mol. The van der Waals surface area contributed by atoms with Crippen molar-refractivity contribution in [2.24, 2.45) is 0 Å². The zero-order valence-electron chi connectivity index (χ0n) is 16.4. The van der Waals surface area contributed by atoms with Gasteiger partial charge in [0.2, 0.25) is 5.91 Å². The van der Waals surface area contributed by atoms with Gasteiger partial charge in [-0.05, 0) is 44.9 Å². The summed E-state index contributed by atoms with van der Waals surface area (Å²) in [5.41, 5.74) is 3.52. The Morgan fingerprint density at radius 3 is 2.79 bits per heavy atom. The Bertz CT molecular complexity index is 907. The van der Waals surface area contributed by atoms with Gasteiger partial charge in [-0.2, -0.15) is 0 Å². The number of hydrogen-bond acceptors (Lipinski definition) is 4. The van der Waals surface area contributed by atoms with Gasteiger partial charge in [0, 0.05) is 54.0 Å². The first kappa shape index (κ1) is 18.6. The molecule has 2 heterocycles. The van der Waals surface area contributed by atoms with Crippen LogP contribution in [0.5, 0.6) is 0 Å². The minimum atomic E-state index is -0.0577. The Kier molecular flexibility index (Phi) is 5.11. The van der Waals surface area contributed by atoms with Crippen molar-refractivity contribution in [3.63, 3.8) is 0 Å². The summed E-state index contributed by atoms with van der Waals surface area (Å²) in [6.45, 7) is 4.87. The predicted molar refractivity (Wildman–Crippen MR) is 107 cm³/mol. The molecule has 1 N–H and O–H groups in total. The van der Waals surface area contributed by atoms with Gasteiger partial charge in [0.15, 0.2) is 5.82 Å². The Labute approximate surface area is 165 Å². The molecule has 2 fully saturated rings. The SMILES string of the molecule is Cc1cc(C2CCC2)nc(-c2cccc(C(=O)N3CCC(=O)NC[C@H]3C)c2)n1. The lowest BCUT2D eigenvalue weighted by molar-refractivity contribution is -0.120. The summed E-state index contributed by atoms with van der Waals surface area (Å²) in [5, 5.41) is 2.85. The first-order chi connectivity index (χ1) is 13.5. The highest BCUT2D eigenvalue weighted by Gasteiger charge is 2.26. The summed E-state index contributed by atoms with van der Waals surface area (Å²) < 4.78 is 0. The molecular weight excluding hydrogens is 352 g/mol.